The molecule has 0 radical (unpaired) electrons. The van der Waals surface area contributed by atoms with Gasteiger partial charge in [0.2, 0.25) is 0 Å². The van der Waals surface area contributed by atoms with Gasteiger partial charge in [-0.05, 0) is 49.5 Å². The maximum absolute atomic E-state index is 2.62. The van der Waals surface area contributed by atoms with Crippen molar-refractivity contribution in [1.29, 1.82) is 0 Å². The predicted octanol–water partition coefficient (Wildman–Crippen LogP) is 2.66. The van der Waals surface area contributed by atoms with Crippen molar-refractivity contribution in [3.8, 4) is 0 Å². The van der Waals surface area contributed by atoms with Crippen molar-refractivity contribution in [3.63, 3.8) is 0 Å². The Morgan fingerprint density at radius 2 is 1.88 bits per heavy atom. The number of piperidine rings is 1. The minimum absolute atomic E-state index is 1.16. The standard InChI is InChI=1S/C15H22N2/c1-16-11-8-14-13(6-5-7-15(14)16)12-17-9-3-2-4-10-17/h5-7H,2-4,8-12H2,1H3. The molecule has 2 heterocycles. The Morgan fingerprint density at radius 3 is 2.71 bits per heavy atom. The summed E-state index contributed by atoms with van der Waals surface area (Å²) in [5, 5.41) is 0. The predicted molar refractivity (Wildman–Crippen MR) is 72.5 cm³/mol. The molecule has 2 aliphatic rings. The van der Waals surface area contributed by atoms with Gasteiger partial charge in [0.05, 0.1) is 0 Å². The molecule has 0 N–H and O–H groups in total. The zero-order chi connectivity index (χ0) is 11.7. The molecule has 1 fully saturated rings. The van der Waals surface area contributed by atoms with Crippen molar-refractivity contribution in [2.75, 3.05) is 31.6 Å². The summed E-state index contributed by atoms with van der Waals surface area (Å²) in [6.45, 7) is 4.93. The van der Waals surface area contributed by atoms with Crippen LogP contribution in [0.2, 0.25) is 0 Å². The van der Waals surface area contributed by atoms with Crippen LogP contribution < -0.4 is 4.90 Å². The summed E-state index contributed by atoms with van der Waals surface area (Å²) in [5.41, 5.74) is 4.62. The Hall–Kier alpha value is -1.02. The fraction of sp³-hybridized carbons (Fsp3) is 0.600. The maximum atomic E-state index is 2.62. The van der Waals surface area contributed by atoms with Crippen LogP contribution in [0.5, 0.6) is 0 Å². The van der Waals surface area contributed by atoms with Crippen molar-refractivity contribution in [2.24, 2.45) is 0 Å². The van der Waals surface area contributed by atoms with Crippen molar-refractivity contribution in [1.82, 2.24) is 4.90 Å². The van der Waals surface area contributed by atoms with E-state index in [2.05, 4.69) is 35.0 Å². The average molecular weight is 230 g/mol. The molecular formula is C15H22N2. The maximum Gasteiger partial charge on any atom is 0.0400 e. The zero-order valence-electron chi connectivity index (χ0n) is 10.8. The van der Waals surface area contributed by atoms with E-state index >= 15 is 0 Å². The molecule has 0 unspecified atom stereocenters. The van der Waals surface area contributed by atoms with E-state index < -0.39 is 0 Å². The fourth-order valence-electron chi connectivity index (χ4n) is 3.17. The van der Waals surface area contributed by atoms with Crippen LogP contribution >= 0.6 is 0 Å². The van der Waals surface area contributed by atoms with Crippen LogP contribution in [0.15, 0.2) is 18.2 Å². The van der Waals surface area contributed by atoms with Gasteiger partial charge in [0.15, 0.2) is 0 Å². The highest BCUT2D eigenvalue weighted by Crippen LogP contribution is 2.30. The first-order valence-corrected chi connectivity index (χ1v) is 6.89. The second-order valence-corrected chi connectivity index (χ2v) is 5.42. The van der Waals surface area contributed by atoms with Gasteiger partial charge in [-0.2, -0.15) is 0 Å². The van der Waals surface area contributed by atoms with Crippen LogP contribution in [0.4, 0.5) is 5.69 Å². The van der Waals surface area contributed by atoms with Gasteiger partial charge < -0.3 is 4.90 Å². The number of likely N-dealkylation sites (N-methyl/N-ethyl adjacent to an activating group) is 1. The van der Waals surface area contributed by atoms with Gasteiger partial charge in [0, 0.05) is 25.8 Å². The molecule has 1 aromatic carbocycles. The molecule has 1 aromatic rings. The Morgan fingerprint density at radius 1 is 1.06 bits per heavy atom. The molecule has 2 nitrogen and oxygen atoms in total. The van der Waals surface area contributed by atoms with Gasteiger partial charge in [0.1, 0.15) is 0 Å². The molecular weight excluding hydrogens is 208 g/mol. The summed E-state index contributed by atoms with van der Waals surface area (Å²) in [6.07, 6.45) is 5.42. The summed E-state index contributed by atoms with van der Waals surface area (Å²) in [6, 6.07) is 6.81. The number of hydrogen-bond donors (Lipinski definition) is 0. The van der Waals surface area contributed by atoms with E-state index in [1.54, 1.807) is 11.1 Å². The normalized spacial score (nSPS) is 20.6. The lowest BCUT2D eigenvalue weighted by Crippen LogP contribution is -2.29. The Kier molecular flexibility index (Phi) is 3.06. The largest absolute Gasteiger partial charge is 0.374 e. The number of fused-ring (bicyclic) bond motifs is 1. The third kappa shape index (κ3) is 2.19. The van der Waals surface area contributed by atoms with Crippen LogP contribution in [-0.4, -0.2) is 31.6 Å². The molecule has 0 bridgehead atoms. The number of anilines is 1. The van der Waals surface area contributed by atoms with Crippen LogP contribution in [0.1, 0.15) is 30.4 Å². The van der Waals surface area contributed by atoms with Crippen LogP contribution in [0, 0.1) is 0 Å². The fourth-order valence-corrected chi connectivity index (χ4v) is 3.17. The molecule has 0 saturated carbocycles. The lowest BCUT2D eigenvalue weighted by atomic mass is 10.0. The molecule has 17 heavy (non-hydrogen) atoms. The lowest BCUT2D eigenvalue weighted by molar-refractivity contribution is 0.220. The molecule has 0 spiro atoms. The smallest absolute Gasteiger partial charge is 0.0400 e. The topological polar surface area (TPSA) is 6.48 Å². The van der Waals surface area contributed by atoms with E-state index in [1.807, 2.05) is 0 Å². The highest BCUT2D eigenvalue weighted by atomic mass is 15.1. The molecule has 0 aliphatic carbocycles. The molecule has 3 rings (SSSR count). The number of hydrogen-bond acceptors (Lipinski definition) is 2. The van der Waals surface area contributed by atoms with Crippen LogP contribution in [0.25, 0.3) is 0 Å². The minimum atomic E-state index is 1.16. The second kappa shape index (κ2) is 4.69. The molecule has 0 aromatic heterocycles. The Bertz CT molecular complexity index is 394. The van der Waals surface area contributed by atoms with E-state index in [0.717, 1.165) is 6.54 Å². The summed E-state index contributed by atoms with van der Waals surface area (Å²) in [7, 11) is 2.20. The highest BCUT2D eigenvalue weighted by molar-refractivity contribution is 5.60. The average Bonchev–Trinajstić information content (AvgIpc) is 2.74. The summed E-state index contributed by atoms with van der Waals surface area (Å²) >= 11 is 0. The van der Waals surface area contributed by atoms with Crippen LogP contribution in [0.3, 0.4) is 0 Å². The summed E-state index contributed by atoms with van der Waals surface area (Å²) in [4.78, 5) is 5.01. The van der Waals surface area contributed by atoms with Gasteiger partial charge in [-0.25, -0.2) is 0 Å². The van der Waals surface area contributed by atoms with Gasteiger partial charge >= 0.3 is 0 Å². The van der Waals surface area contributed by atoms with Crippen molar-refractivity contribution in [3.05, 3.63) is 29.3 Å². The summed E-state index contributed by atoms with van der Waals surface area (Å²) in [5.74, 6) is 0. The molecule has 0 atom stereocenters. The van der Waals surface area contributed by atoms with Crippen molar-refractivity contribution in [2.45, 2.75) is 32.2 Å². The quantitative estimate of drug-likeness (QED) is 0.770. The molecule has 0 amide bonds. The van der Waals surface area contributed by atoms with Gasteiger partial charge in [-0.15, -0.1) is 0 Å². The highest BCUT2D eigenvalue weighted by Gasteiger charge is 2.20. The van der Waals surface area contributed by atoms with E-state index in [0.29, 0.717) is 0 Å². The molecule has 2 heteroatoms. The zero-order valence-corrected chi connectivity index (χ0v) is 10.8. The van der Waals surface area contributed by atoms with E-state index in [-0.39, 0.29) is 0 Å². The Balaban J connectivity index is 1.79. The van der Waals surface area contributed by atoms with E-state index in [9.17, 15) is 0 Å². The second-order valence-electron chi connectivity index (χ2n) is 5.42. The first kappa shape index (κ1) is 11.1. The SMILES string of the molecule is CN1CCc2c(CN3CCCCC3)cccc21. The van der Waals surface area contributed by atoms with Gasteiger partial charge in [-0.3, -0.25) is 4.90 Å². The number of nitrogens with zero attached hydrogens (tertiary/aromatic N) is 2. The number of benzene rings is 1. The number of rotatable bonds is 2. The summed E-state index contributed by atoms with van der Waals surface area (Å²) < 4.78 is 0. The van der Waals surface area contributed by atoms with Crippen molar-refractivity contribution < 1.29 is 0 Å². The molecule has 92 valence electrons. The van der Waals surface area contributed by atoms with Gasteiger partial charge in [-0.1, -0.05) is 18.6 Å². The van der Waals surface area contributed by atoms with Crippen molar-refractivity contribution >= 4 is 5.69 Å². The monoisotopic (exact) mass is 230 g/mol. The van der Waals surface area contributed by atoms with Gasteiger partial charge in [0.25, 0.3) is 0 Å². The van der Waals surface area contributed by atoms with Crippen LogP contribution in [-0.2, 0) is 13.0 Å². The number of likely N-dealkylation sites (tertiary alicyclic amines) is 1. The molecule has 1 saturated heterocycles. The van der Waals surface area contributed by atoms with E-state index in [1.165, 1.54) is 51.0 Å². The first-order chi connectivity index (χ1) is 8.34. The minimum Gasteiger partial charge on any atom is -0.374 e. The Labute approximate surface area is 104 Å². The van der Waals surface area contributed by atoms with E-state index in [4.69, 9.17) is 0 Å². The molecule has 2 aliphatic heterocycles. The third-order valence-electron chi connectivity index (χ3n) is 4.20. The lowest BCUT2D eigenvalue weighted by Gasteiger charge is -2.27. The third-order valence-corrected chi connectivity index (χ3v) is 4.20. The first-order valence-electron chi connectivity index (χ1n) is 6.89.